The zero-order valence-corrected chi connectivity index (χ0v) is 20.9. The van der Waals surface area contributed by atoms with Gasteiger partial charge in [0.25, 0.3) is 0 Å². The summed E-state index contributed by atoms with van der Waals surface area (Å²) in [6.45, 7) is 8.29. The molecule has 0 aliphatic rings. The van der Waals surface area contributed by atoms with Crippen molar-refractivity contribution < 1.29 is 13.9 Å². The summed E-state index contributed by atoms with van der Waals surface area (Å²) in [5.74, 6) is 0.328. The summed E-state index contributed by atoms with van der Waals surface area (Å²) in [6, 6.07) is 9.43. The number of alkyl halides is 1. The fraction of sp³-hybridized carbons (Fsp3) is 0.462. The molecule has 188 valence electrons. The lowest BCUT2D eigenvalue weighted by Gasteiger charge is -2.40. The molecular formula is C26H35FN6O2. The van der Waals surface area contributed by atoms with Crippen molar-refractivity contribution in [3.05, 3.63) is 66.5 Å². The third-order valence-electron chi connectivity index (χ3n) is 5.61. The second kappa shape index (κ2) is 12.0. The van der Waals surface area contributed by atoms with Crippen LogP contribution in [0, 0.1) is 5.41 Å². The van der Waals surface area contributed by atoms with E-state index in [-0.39, 0.29) is 25.6 Å². The van der Waals surface area contributed by atoms with E-state index in [0.29, 0.717) is 30.4 Å². The molecule has 0 fully saturated rings. The molecule has 0 bridgehead atoms. The molecule has 1 aromatic carbocycles. The number of benzene rings is 1. The zero-order valence-electron chi connectivity index (χ0n) is 20.9. The Hall–Kier alpha value is -3.17. The number of nitrogens with zero attached hydrogens (tertiary/aromatic N) is 5. The molecule has 0 saturated heterocycles. The highest BCUT2D eigenvalue weighted by molar-refractivity contribution is 5.78. The van der Waals surface area contributed by atoms with Gasteiger partial charge >= 0.3 is 0 Å². The number of halogens is 1. The average molecular weight is 483 g/mol. The van der Waals surface area contributed by atoms with Crippen molar-refractivity contribution in [3.63, 3.8) is 0 Å². The van der Waals surface area contributed by atoms with Gasteiger partial charge in [-0.1, -0.05) is 51.1 Å². The lowest BCUT2D eigenvalue weighted by atomic mass is 9.84. The summed E-state index contributed by atoms with van der Waals surface area (Å²) in [5.41, 5.74) is 7.44. The molecule has 0 saturated carbocycles. The Kier molecular flexibility index (Phi) is 9.06. The Morgan fingerprint density at radius 3 is 2.54 bits per heavy atom. The number of nitrogens with two attached hydrogens (primary N) is 1. The minimum Gasteiger partial charge on any atom is -0.372 e. The minimum absolute atomic E-state index is 0.142. The van der Waals surface area contributed by atoms with Crippen molar-refractivity contribution in [3.8, 4) is 11.4 Å². The van der Waals surface area contributed by atoms with Crippen LogP contribution in [-0.4, -0.2) is 62.8 Å². The third-order valence-corrected chi connectivity index (χ3v) is 5.61. The molecular weight excluding hydrogens is 447 g/mol. The van der Waals surface area contributed by atoms with Crippen LogP contribution in [0.4, 0.5) is 4.39 Å². The lowest BCUT2D eigenvalue weighted by molar-refractivity contribution is -0.142. The van der Waals surface area contributed by atoms with Crippen LogP contribution in [0.15, 0.2) is 55.1 Å². The van der Waals surface area contributed by atoms with Crippen molar-refractivity contribution >= 4 is 5.91 Å². The lowest BCUT2D eigenvalue weighted by Crippen LogP contribution is -2.47. The molecule has 9 heteroatoms. The number of amides is 1. The first kappa shape index (κ1) is 26.4. The van der Waals surface area contributed by atoms with Crippen LogP contribution in [-0.2, 0) is 16.1 Å². The van der Waals surface area contributed by atoms with E-state index in [1.54, 1.807) is 18.6 Å². The van der Waals surface area contributed by atoms with Gasteiger partial charge < -0.3 is 19.9 Å². The Bertz CT molecular complexity index is 1070. The number of carbonyl (C=O) groups excluding carboxylic acids is 1. The van der Waals surface area contributed by atoms with Crippen molar-refractivity contribution in [2.75, 3.05) is 26.3 Å². The van der Waals surface area contributed by atoms with E-state index in [1.165, 1.54) is 4.90 Å². The van der Waals surface area contributed by atoms with Gasteiger partial charge in [0.2, 0.25) is 5.91 Å². The zero-order chi connectivity index (χ0) is 25.4. The van der Waals surface area contributed by atoms with Crippen molar-refractivity contribution in [2.24, 2.45) is 11.1 Å². The smallest absolute Gasteiger partial charge is 0.249 e. The van der Waals surface area contributed by atoms with Crippen LogP contribution >= 0.6 is 0 Å². The van der Waals surface area contributed by atoms with E-state index >= 15 is 0 Å². The molecule has 2 atom stereocenters. The summed E-state index contributed by atoms with van der Waals surface area (Å²) < 4.78 is 22.0. The highest BCUT2D eigenvalue weighted by atomic mass is 19.1. The Morgan fingerprint density at radius 2 is 1.94 bits per heavy atom. The van der Waals surface area contributed by atoms with Gasteiger partial charge in [-0.25, -0.2) is 9.37 Å². The molecule has 3 aromatic rings. The molecule has 1 amide bonds. The standard InChI is InChI=1S/C26H35FN6O2/c1-5-35-18-23(34)33(16-20(27)13-28)24(26(2,3)4)25-31-22(21-14-29-11-12-30-21)17-32(25)15-19-9-7-6-8-10-19/h6-12,14,17,20,24H,5,13,15-16,18,28H2,1-4H3/t20?,24-/m0/s1. The predicted octanol–water partition coefficient (Wildman–Crippen LogP) is 3.64. The van der Waals surface area contributed by atoms with Gasteiger partial charge in [-0.3, -0.25) is 14.8 Å². The van der Waals surface area contributed by atoms with E-state index < -0.39 is 17.6 Å². The number of hydrogen-bond acceptors (Lipinski definition) is 6. The number of rotatable bonds is 11. The van der Waals surface area contributed by atoms with E-state index in [0.717, 1.165) is 5.56 Å². The molecule has 0 aliphatic carbocycles. The van der Waals surface area contributed by atoms with Crippen LogP contribution in [0.3, 0.4) is 0 Å². The van der Waals surface area contributed by atoms with Crippen molar-refractivity contribution in [1.29, 1.82) is 0 Å². The van der Waals surface area contributed by atoms with Gasteiger partial charge in [0.1, 0.15) is 30.0 Å². The molecule has 35 heavy (non-hydrogen) atoms. The van der Waals surface area contributed by atoms with Gasteiger partial charge in [-0.2, -0.15) is 0 Å². The molecule has 1 unspecified atom stereocenters. The van der Waals surface area contributed by atoms with Gasteiger partial charge in [0, 0.05) is 38.3 Å². The molecule has 8 nitrogen and oxygen atoms in total. The van der Waals surface area contributed by atoms with E-state index in [2.05, 4.69) is 9.97 Å². The molecule has 0 aliphatic heterocycles. The van der Waals surface area contributed by atoms with Crippen LogP contribution in [0.1, 0.15) is 45.1 Å². The topological polar surface area (TPSA) is 99.2 Å². The number of imidazole rings is 1. The number of hydrogen-bond donors (Lipinski definition) is 1. The minimum atomic E-state index is -1.37. The molecule has 2 N–H and O–H groups in total. The monoisotopic (exact) mass is 482 g/mol. The van der Waals surface area contributed by atoms with Gasteiger partial charge in [-0.15, -0.1) is 0 Å². The van der Waals surface area contributed by atoms with Crippen molar-refractivity contribution in [1.82, 2.24) is 24.4 Å². The van der Waals surface area contributed by atoms with Crippen LogP contribution in [0.2, 0.25) is 0 Å². The quantitative estimate of drug-likeness (QED) is 0.448. The highest BCUT2D eigenvalue weighted by Gasteiger charge is 2.39. The maximum atomic E-state index is 14.6. The third kappa shape index (κ3) is 6.93. The molecule has 2 heterocycles. The van der Waals surface area contributed by atoms with Gasteiger partial charge in [0.05, 0.1) is 18.8 Å². The summed E-state index contributed by atoms with van der Waals surface area (Å²) in [5, 5.41) is 0. The van der Waals surface area contributed by atoms with E-state index in [1.807, 2.05) is 68.8 Å². The summed E-state index contributed by atoms with van der Waals surface area (Å²) in [4.78, 5) is 28.3. The maximum Gasteiger partial charge on any atom is 0.249 e. The van der Waals surface area contributed by atoms with Crippen LogP contribution in [0.5, 0.6) is 0 Å². The number of carbonyl (C=O) groups is 1. The molecule has 2 aromatic heterocycles. The molecule has 0 radical (unpaired) electrons. The fourth-order valence-electron chi connectivity index (χ4n) is 4.02. The van der Waals surface area contributed by atoms with Crippen LogP contribution < -0.4 is 5.73 Å². The predicted molar refractivity (Wildman–Crippen MR) is 133 cm³/mol. The van der Waals surface area contributed by atoms with Gasteiger partial charge in [-0.05, 0) is 17.9 Å². The highest BCUT2D eigenvalue weighted by Crippen LogP contribution is 2.39. The summed E-state index contributed by atoms with van der Waals surface area (Å²) >= 11 is 0. The first-order valence-corrected chi connectivity index (χ1v) is 11.8. The number of ether oxygens (including phenoxy) is 1. The maximum absolute atomic E-state index is 14.6. The van der Waals surface area contributed by atoms with Crippen molar-refractivity contribution in [2.45, 2.75) is 46.5 Å². The summed E-state index contributed by atoms with van der Waals surface area (Å²) in [7, 11) is 0. The average Bonchev–Trinajstić information content (AvgIpc) is 3.25. The first-order valence-electron chi connectivity index (χ1n) is 11.8. The van der Waals surface area contributed by atoms with Crippen LogP contribution in [0.25, 0.3) is 11.4 Å². The fourth-order valence-corrected chi connectivity index (χ4v) is 4.02. The molecule has 3 rings (SSSR count). The Morgan fingerprint density at radius 1 is 1.20 bits per heavy atom. The van der Waals surface area contributed by atoms with E-state index in [9.17, 15) is 9.18 Å². The Balaban J connectivity index is 2.15. The largest absolute Gasteiger partial charge is 0.372 e. The summed E-state index contributed by atoms with van der Waals surface area (Å²) in [6.07, 6.45) is 5.40. The number of aromatic nitrogens is 4. The second-order valence-corrected chi connectivity index (χ2v) is 9.47. The van der Waals surface area contributed by atoms with E-state index in [4.69, 9.17) is 15.5 Å². The second-order valence-electron chi connectivity index (χ2n) is 9.47. The molecule has 0 spiro atoms. The first-order chi connectivity index (χ1) is 16.7. The van der Waals surface area contributed by atoms with Gasteiger partial charge in [0.15, 0.2) is 0 Å². The Labute approximate surface area is 206 Å². The normalized spacial score (nSPS) is 13.4. The SMILES string of the molecule is CCOCC(=O)N(CC(F)CN)[C@@H](c1nc(-c2cnccn2)cn1Cc1ccccc1)C(C)(C)C.